The number of ether oxygens (including phenoxy) is 1. The zero-order valence-electron chi connectivity index (χ0n) is 9.64. The molecule has 1 rings (SSSR count). The summed E-state index contributed by atoms with van der Waals surface area (Å²) in [6.45, 7) is 4.71. The Morgan fingerprint density at radius 2 is 2.38 bits per heavy atom. The van der Waals surface area contributed by atoms with Crippen molar-refractivity contribution in [1.29, 1.82) is 5.26 Å². The predicted molar refractivity (Wildman–Crippen MR) is 61.3 cm³/mol. The van der Waals surface area contributed by atoms with Gasteiger partial charge in [0.25, 0.3) is 5.56 Å². The van der Waals surface area contributed by atoms with Crippen molar-refractivity contribution in [2.24, 2.45) is 5.92 Å². The van der Waals surface area contributed by atoms with Gasteiger partial charge in [-0.2, -0.15) is 5.26 Å². The van der Waals surface area contributed by atoms with Gasteiger partial charge in [0, 0.05) is 12.7 Å². The Morgan fingerprint density at radius 1 is 1.62 bits per heavy atom. The molecule has 0 aromatic carbocycles. The molecule has 0 aliphatic rings. The molecule has 0 amide bonds. The summed E-state index contributed by atoms with van der Waals surface area (Å²) >= 11 is 0. The first-order valence-electron chi connectivity index (χ1n) is 5.41. The van der Waals surface area contributed by atoms with Crippen molar-refractivity contribution < 1.29 is 4.74 Å². The van der Waals surface area contributed by atoms with Gasteiger partial charge in [-0.1, -0.05) is 6.92 Å². The maximum absolute atomic E-state index is 11.9. The highest BCUT2D eigenvalue weighted by Crippen LogP contribution is 2.04. The molecule has 0 N–H and O–H groups in total. The minimum absolute atomic E-state index is 0.168. The topological polar surface area (TPSA) is 55.0 Å². The van der Waals surface area contributed by atoms with Gasteiger partial charge in [-0.3, -0.25) is 4.79 Å². The van der Waals surface area contributed by atoms with Crippen LogP contribution in [0.4, 0.5) is 0 Å². The summed E-state index contributed by atoms with van der Waals surface area (Å²) in [5.41, 5.74) is -0.168. The summed E-state index contributed by atoms with van der Waals surface area (Å²) in [4.78, 5) is 11.9. The van der Waals surface area contributed by atoms with Gasteiger partial charge in [-0.25, -0.2) is 0 Å². The maximum atomic E-state index is 11.9. The summed E-state index contributed by atoms with van der Waals surface area (Å²) in [5.74, 6) is 0.175. The molecule has 0 radical (unpaired) electrons. The van der Waals surface area contributed by atoms with Gasteiger partial charge >= 0.3 is 0 Å². The minimum Gasteiger partial charge on any atom is -0.488 e. The number of nitrogens with zero attached hydrogens (tertiary/aromatic N) is 2. The molecule has 4 heteroatoms. The van der Waals surface area contributed by atoms with Gasteiger partial charge in [-0.15, -0.1) is 0 Å². The van der Waals surface area contributed by atoms with E-state index >= 15 is 0 Å². The van der Waals surface area contributed by atoms with Crippen LogP contribution in [-0.4, -0.2) is 11.2 Å². The van der Waals surface area contributed by atoms with E-state index in [1.807, 2.05) is 6.92 Å². The molecular weight excluding hydrogens is 204 g/mol. The second-order valence-corrected chi connectivity index (χ2v) is 3.71. The first kappa shape index (κ1) is 12.3. The fourth-order valence-electron chi connectivity index (χ4n) is 1.32. The highest BCUT2D eigenvalue weighted by molar-refractivity contribution is 5.17. The number of nitriles is 1. The van der Waals surface area contributed by atoms with Crippen LogP contribution in [0.3, 0.4) is 0 Å². The molecule has 1 atom stereocenters. The standard InChI is InChI=1S/C12H16N2O2/c1-3-7-16-11-5-4-6-14(12(11)15)9-10(2)8-13/h4-6,10H,3,7,9H2,1-2H3. The van der Waals surface area contributed by atoms with Crippen molar-refractivity contribution in [2.75, 3.05) is 6.61 Å². The summed E-state index contributed by atoms with van der Waals surface area (Å²) < 4.78 is 6.84. The van der Waals surface area contributed by atoms with E-state index in [0.717, 1.165) is 6.42 Å². The zero-order valence-corrected chi connectivity index (χ0v) is 9.64. The third-order valence-corrected chi connectivity index (χ3v) is 2.14. The monoisotopic (exact) mass is 220 g/mol. The van der Waals surface area contributed by atoms with Crippen LogP contribution in [0.1, 0.15) is 20.3 Å². The van der Waals surface area contributed by atoms with E-state index in [1.165, 1.54) is 4.57 Å². The number of rotatable bonds is 5. The highest BCUT2D eigenvalue weighted by Gasteiger charge is 2.06. The summed E-state index contributed by atoms with van der Waals surface area (Å²) in [6, 6.07) is 5.52. The Morgan fingerprint density at radius 3 is 3.00 bits per heavy atom. The number of hydrogen-bond acceptors (Lipinski definition) is 3. The Kier molecular flexibility index (Phi) is 4.59. The molecule has 86 valence electrons. The lowest BCUT2D eigenvalue weighted by Gasteiger charge is -2.09. The van der Waals surface area contributed by atoms with Crippen molar-refractivity contribution in [3.05, 3.63) is 28.7 Å². The molecule has 1 heterocycles. The van der Waals surface area contributed by atoms with Crippen LogP contribution >= 0.6 is 0 Å². The van der Waals surface area contributed by atoms with Crippen LogP contribution in [0, 0.1) is 17.2 Å². The first-order chi connectivity index (χ1) is 7.69. The molecule has 1 unspecified atom stereocenters. The number of hydrogen-bond donors (Lipinski definition) is 0. The second kappa shape index (κ2) is 5.96. The molecule has 0 bridgehead atoms. The van der Waals surface area contributed by atoms with Crippen LogP contribution < -0.4 is 10.3 Å². The maximum Gasteiger partial charge on any atom is 0.292 e. The lowest BCUT2D eigenvalue weighted by atomic mass is 10.2. The minimum atomic E-state index is -0.181. The van der Waals surface area contributed by atoms with E-state index in [1.54, 1.807) is 25.3 Å². The molecule has 0 fully saturated rings. The van der Waals surface area contributed by atoms with Crippen molar-refractivity contribution in [2.45, 2.75) is 26.8 Å². The molecular formula is C12H16N2O2. The molecule has 0 saturated carbocycles. The third-order valence-electron chi connectivity index (χ3n) is 2.14. The Bertz CT molecular complexity index is 431. The lowest BCUT2D eigenvalue weighted by molar-refractivity contribution is 0.309. The molecule has 1 aromatic heterocycles. The summed E-state index contributed by atoms with van der Waals surface area (Å²) in [5, 5.41) is 8.70. The van der Waals surface area contributed by atoms with E-state index in [0.29, 0.717) is 18.9 Å². The van der Waals surface area contributed by atoms with Crippen molar-refractivity contribution >= 4 is 0 Å². The quantitative estimate of drug-likeness (QED) is 0.760. The van der Waals surface area contributed by atoms with Gasteiger partial charge in [0.05, 0.1) is 18.6 Å². The predicted octanol–water partition coefficient (Wildman–Crippen LogP) is 1.80. The smallest absolute Gasteiger partial charge is 0.292 e. The fourth-order valence-corrected chi connectivity index (χ4v) is 1.32. The second-order valence-electron chi connectivity index (χ2n) is 3.71. The molecule has 1 aromatic rings. The number of aromatic nitrogens is 1. The molecule has 4 nitrogen and oxygen atoms in total. The zero-order chi connectivity index (χ0) is 12.0. The largest absolute Gasteiger partial charge is 0.488 e. The summed E-state index contributed by atoms with van der Waals surface area (Å²) in [6.07, 6.45) is 2.54. The molecule has 0 aliphatic heterocycles. The molecule has 16 heavy (non-hydrogen) atoms. The fraction of sp³-hybridized carbons (Fsp3) is 0.500. The molecule has 0 saturated heterocycles. The van der Waals surface area contributed by atoms with Gasteiger partial charge in [0.15, 0.2) is 5.75 Å². The van der Waals surface area contributed by atoms with E-state index in [-0.39, 0.29) is 11.5 Å². The van der Waals surface area contributed by atoms with Crippen LogP contribution in [-0.2, 0) is 6.54 Å². The van der Waals surface area contributed by atoms with E-state index in [2.05, 4.69) is 6.07 Å². The van der Waals surface area contributed by atoms with Gasteiger partial charge in [-0.05, 0) is 25.5 Å². The van der Waals surface area contributed by atoms with Crippen LogP contribution in [0.25, 0.3) is 0 Å². The highest BCUT2D eigenvalue weighted by atomic mass is 16.5. The third kappa shape index (κ3) is 3.13. The van der Waals surface area contributed by atoms with E-state index in [9.17, 15) is 4.79 Å². The van der Waals surface area contributed by atoms with Gasteiger partial charge in [0.1, 0.15) is 0 Å². The van der Waals surface area contributed by atoms with Crippen molar-refractivity contribution in [3.63, 3.8) is 0 Å². The Hall–Kier alpha value is -1.76. The molecule has 0 spiro atoms. The lowest BCUT2D eigenvalue weighted by Crippen LogP contribution is -2.23. The van der Waals surface area contributed by atoms with Crippen molar-refractivity contribution in [3.8, 4) is 11.8 Å². The van der Waals surface area contributed by atoms with Gasteiger partial charge in [0.2, 0.25) is 0 Å². The molecule has 0 aliphatic carbocycles. The number of pyridine rings is 1. The average molecular weight is 220 g/mol. The van der Waals surface area contributed by atoms with E-state index in [4.69, 9.17) is 10.00 Å². The van der Waals surface area contributed by atoms with Crippen LogP contribution in [0.2, 0.25) is 0 Å². The van der Waals surface area contributed by atoms with Gasteiger partial charge < -0.3 is 9.30 Å². The Labute approximate surface area is 95.1 Å². The normalized spacial score (nSPS) is 11.8. The first-order valence-corrected chi connectivity index (χ1v) is 5.41. The average Bonchev–Trinajstić information content (AvgIpc) is 2.30. The van der Waals surface area contributed by atoms with Crippen LogP contribution in [0.15, 0.2) is 23.1 Å². The Balaban J connectivity index is 2.87. The van der Waals surface area contributed by atoms with Crippen LogP contribution in [0.5, 0.6) is 5.75 Å². The van der Waals surface area contributed by atoms with E-state index < -0.39 is 0 Å². The summed E-state index contributed by atoms with van der Waals surface area (Å²) in [7, 11) is 0. The SMILES string of the molecule is CCCOc1cccn(CC(C)C#N)c1=O. The van der Waals surface area contributed by atoms with Crippen molar-refractivity contribution in [1.82, 2.24) is 4.57 Å².